The minimum atomic E-state index is -1.58. The van der Waals surface area contributed by atoms with Crippen LogP contribution >= 0.6 is 0 Å². The number of fused-ring (bicyclic) bond motifs is 1. The standard InChI is InChI=1S/C35H51N7O8/c1-7-20(6)30-35(50)41-27(15-29(44)45)31(46)37-17-28(43)38-26(14-21-16-36-23-11-9-8-10-22(21)23)33(48)39-24(12-18(2)3)32(47)40-25(13-19(4)5)34(49)42-30/h8-11,16,18-20,24-27,30,36H,7,12-15,17H2,1-6H3,(H,37,46)(H,38,43)(H,39,48)(H,40,47)(H,41,50)(H,42,49)(H,44,45)/t20-,24+,25-,26+,27+,30+/m1/s1. The van der Waals surface area contributed by atoms with Gasteiger partial charge in [0.15, 0.2) is 0 Å². The van der Waals surface area contributed by atoms with Crippen LogP contribution in [0.2, 0.25) is 0 Å². The number of amides is 6. The van der Waals surface area contributed by atoms with Crippen molar-refractivity contribution >= 4 is 52.3 Å². The zero-order valence-corrected chi connectivity index (χ0v) is 29.6. The van der Waals surface area contributed by atoms with E-state index in [0.717, 1.165) is 10.9 Å². The molecule has 6 atom stereocenters. The Morgan fingerprint density at radius 1 is 0.740 bits per heavy atom. The maximum atomic E-state index is 13.9. The van der Waals surface area contributed by atoms with Gasteiger partial charge in [-0.2, -0.15) is 0 Å². The number of rotatable bonds is 10. The summed E-state index contributed by atoms with van der Waals surface area (Å²) >= 11 is 0. The summed E-state index contributed by atoms with van der Waals surface area (Å²) in [5.41, 5.74) is 1.53. The lowest BCUT2D eigenvalue weighted by molar-refractivity contribution is -0.141. The summed E-state index contributed by atoms with van der Waals surface area (Å²) in [4.78, 5) is 96.2. The molecule has 0 unspecified atom stereocenters. The van der Waals surface area contributed by atoms with E-state index in [4.69, 9.17) is 0 Å². The fraction of sp³-hybridized carbons (Fsp3) is 0.571. The van der Waals surface area contributed by atoms with Gasteiger partial charge in [0, 0.05) is 23.5 Å². The number of carboxylic acids is 1. The van der Waals surface area contributed by atoms with Crippen LogP contribution in [0.4, 0.5) is 0 Å². The van der Waals surface area contributed by atoms with Crippen molar-refractivity contribution in [3.05, 3.63) is 36.0 Å². The van der Waals surface area contributed by atoms with Gasteiger partial charge in [-0.05, 0) is 42.2 Å². The molecule has 50 heavy (non-hydrogen) atoms. The molecule has 2 heterocycles. The molecule has 15 heteroatoms. The minimum Gasteiger partial charge on any atom is -0.481 e. The lowest BCUT2D eigenvalue weighted by Gasteiger charge is -2.30. The van der Waals surface area contributed by atoms with Crippen LogP contribution in [-0.4, -0.2) is 88.3 Å². The van der Waals surface area contributed by atoms with E-state index in [1.165, 1.54) is 0 Å². The summed E-state index contributed by atoms with van der Waals surface area (Å²) in [7, 11) is 0. The first-order valence-corrected chi connectivity index (χ1v) is 17.1. The summed E-state index contributed by atoms with van der Waals surface area (Å²) in [6.07, 6.45) is 1.82. The predicted molar refractivity (Wildman–Crippen MR) is 185 cm³/mol. The normalized spacial score (nSPS) is 24.0. The smallest absolute Gasteiger partial charge is 0.305 e. The molecular formula is C35H51N7O8. The SMILES string of the molecule is CC[C@@H](C)[C@@H]1NC(=O)[C@@H](CC(C)C)NC(=O)[C@H](CC(C)C)NC(=O)[C@H](Cc2c[nH]c3ccccc23)NC(=O)CNC(=O)[C@H](CC(=O)O)NC1=O. The maximum absolute atomic E-state index is 13.9. The van der Waals surface area contributed by atoms with E-state index in [2.05, 4.69) is 36.9 Å². The van der Waals surface area contributed by atoms with Crippen LogP contribution in [0.3, 0.4) is 0 Å². The molecule has 1 saturated heterocycles. The van der Waals surface area contributed by atoms with Crippen LogP contribution in [-0.2, 0) is 40.0 Å². The molecule has 15 nitrogen and oxygen atoms in total. The van der Waals surface area contributed by atoms with Crippen molar-refractivity contribution in [2.24, 2.45) is 17.8 Å². The topological polar surface area (TPSA) is 228 Å². The Kier molecular flexibility index (Phi) is 14.3. The van der Waals surface area contributed by atoms with Crippen LogP contribution in [0.15, 0.2) is 30.5 Å². The zero-order valence-electron chi connectivity index (χ0n) is 29.6. The molecule has 1 fully saturated rings. The highest BCUT2D eigenvalue weighted by molar-refractivity contribution is 5.98. The second kappa shape index (κ2) is 18.2. The quantitative estimate of drug-likeness (QED) is 0.177. The molecule has 0 bridgehead atoms. The monoisotopic (exact) mass is 697 g/mol. The third kappa shape index (κ3) is 11.3. The summed E-state index contributed by atoms with van der Waals surface area (Å²) in [5.74, 6) is -6.33. The molecule has 2 aromatic rings. The molecular weight excluding hydrogens is 646 g/mol. The Morgan fingerprint density at radius 3 is 1.88 bits per heavy atom. The lowest BCUT2D eigenvalue weighted by atomic mass is 9.95. The van der Waals surface area contributed by atoms with E-state index in [0.29, 0.717) is 12.0 Å². The Labute approximate surface area is 291 Å². The van der Waals surface area contributed by atoms with Crippen LogP contribution in [0, 0.1) is 17.8 Å². The van der Waals surface area contributed by atoms with Gasteiger partial charge in [0.1, 0.15) is 30.2 Å². The number of carbonyl (C=O) groups excluding carboxylic acids is 6. The predicted octanol–water partition coefficient (Wildman–Crippen LogP) is 0.877. The number of benzene rings is 1. The van der Waals surface area contributed by atoms with E-state index >= 15 is 0 Å². The number of aromatic nitrogens is 1. The average Bonchev–Trinajstić information content (AvgIpc) is 3.45. The molecule has 0 spiro atoms. The van der Waals surface area contributed by atoms with Crippen molar-refractivity contribution in [2.75, 3.05) is 6.54 Å². The van der Waals surface area contributed by atoms with Gasteiger partial charge in [-0.3, -0.25) is 33.6 Å². The van der Waals surface area contributed by atoms with Crippen LogP contribution < -0.4 is 31.9 Å². The van der Waals surface area contributed by atoms with Crippen molar-refractivity contribution in [1.29, 1.82) is 0 Å². The van der Waals surface area contributed by atoms with Crippen LogP contribution in [0.5, 0.6) is 0 Å². The van der Waals surface area contributed by atoms with E-state index < -0.39 is 90.5 Å². The number of nitrogens with one attached hydrogen (secondary N) is 7. The second-order valence-corrected chi connectivity index (χ2v) is 13.8. The molecule has 0 aliphatic carbocycles. The molecule has 0 saturated carbocycles. The maximum Gasteiger partial charge on any atom is 0.305 e. The van der Waals surface area contributed by atoms with E-state index in [9.17, 15) is 38.7 Å². The number of H-pyrrole nitrogens is 1. The van der Waals surface area contributed by atoms with E-state index in [1.807, 2.05) is 52.0 Å². The molecule has 6 amide bonds. The zero-order chi connectivity index (χ0) is 37.1. The fourth-order valence-electron chi connectivity index (χ4n) is 5.82. The largest absolute Gasteiger partial charge is 0.481 e. The van der Waals surface area contributed by atoms with Gasteiger partial charge >= 0.3 is 5.97 Å². The van der Waals surface area contributed by atoms with E-state index in [1.54, 1.807) is 20.0 Å². The number of hydrogen-bond donors (Lipinski definition) is 8. The third-order valence-corrected chi connectivity index (χ3v) is 8.66. The highest BCUT2D eigenvalue weighted by atomic mass is 16.4. The van der Waals surface area contributed by atoms with Gasteiger partial charge in [0.25, 0.3) is 0 Å². The van der Waals surface area contributed by atoms with Gasteiger partial charge < -0.3 is 42.0 Å². The Morgan fingerprint density at radius 2 is 1.30 bits per heavy atom. The molecule has 1 aliphatic heterocycles. The van der Waals surface area contributed by atoms with Crippen molar-refractivity contribution in [1.82, 2.24) is 36.9 Å². The van der Waals surface area contributed by atoms with Crippen LogP contribution in [0.25, 0.3) is 10.9 Å². The van der Waals surface area contributed by atoms with Crippen molar-refractivity contribution in [3.8, 4) is 0 Å². The number of carbonyl (C=O) groups is 7. The fourth-order valence-corrected chi connectivity index (χ4v) is 5.82. The Bertz CT molecular complexity index is 1550. The molecule has 1 aromatic heterocycles. The molecule has 274 valence electrons. The van der Waals surface area contributed by atoms with Gasteiger partial charge in [0.05, 0.1) is 13.0 Å². The Balaban J connectivity index is 2.05. The molecule has 0 radical (unpaired) electrons. The number of aliphatic carboxylic acids is 1. The van der Waals surface area contributed by atoms with Gasteiger partial charge in [-0.15, -0.1) is 0 Å². The van der Waals surface area contributed by atoms with Crippen molar-refractivity contribution < 1.29 is 38.7 Å². The minimum absolute atomic E-state index is 0.0264. The van der Waals surface area contributed by atoms with Gasteiger partial charge in [-0.25, -0.2) is 0 Å². The molecule has 3 rings (SSSR count). The van der Waals surface area contributed by atoms with Crippen LogP contribution in [0.1, 0.15) is 72.8 Å². The van der Waals surface area contributed by atoms with Gasteiger partial charge in [-0.1, -0.05) is 66.2 Å². The molecule has 8 N–H and O–H groups in total. The lowest BCUT2D eigenvalue weighted by Crippen LogP contribution is -2.61. The summed E-state index contributed by atoms with van der Waals surface area (Å²) in [6, 6.07) is 1.29. The first-order chi connectivity index (χ1) is 23.6. The molecule has 1 aliphatic rings. The van der Waals surface area contributed by atoms with Crippen molar-refractivity contribution in [3.63, 3.8) is 0 Å². The first-order valence-electron chi connectivity index (χ1n) is 17.1. The van der Waals surface area contributed by atoms with E-state index in [-0.39, 0.29) is 31.1 Å². The van der Waals surface area contributed by atoms with Crippen molar-refractivity contribution in [2.45, 2.75) is 104 Å². The highest BCUT2D eigenvalue weighted by Crippen LogP contribution is 2.20. The number of hydrogen-bond acceptors (Lipinski definition) is 7. The summed E-state index contributed by atoms with van der Waals surface area (Å²) in [6.45, 7) is 10.4. The van der Waals surface area contributed by atoms with Gasteiger partial charge in [0.2, 0.25) is 35.4 Å². The second-order valence-electron chi connectivity index (χ2n) is 13.8. The number of aromatic amines is 1. The Hall–Kier alpha value is -4.95. The molecule has 1 aromatic carbocycles. The average molecular weight is 698 g/mol. The number of para-hydroxylation sites is 1. The highest BCUT2D eigenvalue weighted by Gasteiger charge is 2.35. The summed E-state index contributed by atoms with van der Waals surface area (Å²) < 4.78 is 0. The first kappa shape index (κ1) is 39.5. The summed E-state index contributed by atoms with van der Waals surface area (Å²) in [5, 5.41) is 26.0. The third-order valence-electron chi connectivity index (χ3n) is 8.66. The number of carboxylic acid groups (broad SMARTS) is 1.